The molecule has 0 spiro atoms. The third-order valence-electron chi connectivity index (χ3n) is 4.42. The van der Waals surface area contributed by atoms with Crippen molar-refractivity contribution in [2.24, 2.45) is 22.7 Å². The quantitative estimate of drug-likeness (QED) is 0.514. The van der Waals surface area contributed by atoms with Gasteiger partial charge in [0, 0.05) is 13.1 Å². The Labute approximate surface area is 162 Å². The maximum absolute atomic E-state index is 9.37. The van der Waals surface area contributed by atoms with Crippen molar-refractivity contribution in [1.82, 2.24) is 10.6 Å². The van der Waals surface area contributed by atoms with Crippen molar-refractivity contribution in [3.05, 3.63) is 0 Å². The number of hydrogen-bond donors (Lipinski definition) is 2. The zero-order chi connectivity index (χ0) is 20.4. The lowest BCUT2D eigenvalue weighted by molar-refractivity contribution is 0.281. The SMILES string of the molecule is C[C@H](C[C@@H](C#N)NCCN[C@@H](C#N)C[C@@H](C)CC(C)(C)C)CC(C)(C)C. The summed E-state index contributed by atoms with van der Waals surface area (Å²) in [6.45, 7) is 19.3. The van der Waals surface area contributed by atoms with Crippen LogP contribution in [0.1, 0.15) is 81.1 Å². The summed E-state index contributed by atoms with van der Waals surface area (Å²) in [5, 5.41) is 25.4. The molecule has 0 heterocycles. The zero-order valence-electron chi connectivity index (χ0n) is 18.4. The van der Waals surface area contributed by atoms with Gasteiger partial charge in [0.1, 0.15) is 0 Å². The molecule has 4 heteroatoms. The highest BCUT2D eigenvalue weighted by Gasteiger charge is 2.20. The minimum atomic E-state index is -0.116. The van der Waals surface area contributed by atoms with E-state index in [0.29, 0.717) is 35.8 Å². The zero-order valence-corrected chi connectivity index (χ0v) is 18.4. The van der Waals surface area contributed by atoms with Gasteiger partial charge < -0.3 is 10.6 Å². The monoisotopic (exact) mass is 362 g/mol. The molecule has 0 radical (unpaired) electrons. The first-order valence-corrected chi connectivity index (χ1v) is 10.1. The molecule has 0 amide bonds. The third-order valence-corrected chi connectivity index (χ3v) is 4.42. The van der Waals surface area contributed by atoms with E-state index in [0.717, 1.165) is 25.7 Å². The van der Waals surface area contributed by atoms with Crippen molar-refractivity contribution < 1.29 is 0 Å². The van der Waals surface area contributed by atoms with Crippen LogP contribution in [0.25, 0.3) is 0 Å². The summed E-state index contributed by atoms with van der Waals surface area (Å²) in [7, 11) is 0. The van der Waals surface area contributed by atoms with Gasteiger partial charge in [-0.3, -0.25) is 0 Å². The molecule has 0 saturated heterocycles. The van der Waals surface area contributed by atoms with Crippen LogP contribution in [0, 0.1) is 45.3 Å². The van der Waals surface area contributed by atoms with E-state index in [1.165, 1.54) is 0 Å². The average Bonchev–Trinajstić information content (AvgIpc) is 2.45. The predicted molar refractivity (Wildman–Crippen MR) is 111 cm³/mol. The molecule has 2 N–H and O–H groups in total. The first-order chi connectivity index (χ1) is 11.9. The molecule has 0 unspecified atom stereocenters. The van der Waals surface area contributed by atoms with E-state index in [-0.39, 0.29) is 12.1 Å². The van der Waals surface area contributed by atoms with Crippen LogP contribution in [0.3, 0.4) is 0 Å². The molecule has 0 bridgehead atoms. The molecule has 0 saturated carbocycles. The summed E-state index contributed by atoms with van der Waals surface area (Å²) in [5.74, 6) is 1.04. The van der Waals surface area contributed by atoms with Crippen molar-refractivity contribution in [2.45, 2.75) is 93.2 Å². The first kappa shape index (κ1) is 24.9. The summed E-state index contributed by atoms with van der Waals surface area (Å²) >= 11 is 0. The Morgan fingerprint density at radius 3 is 1.23 bits per heavy atom. The fourth-order valence-electron chi connectivity index (χ4n) is 3.92. The Morgan fingerprint density at radius 2 is 1.00 bits per heavy atom. The Hall–Kier alpha value is -1.10. The van der Waals surface area contributed by atoms with Crippen LogP contribution in [0.5, 0.6) is 0 Å². The van der Waals surface area contributed by atoms with Gasteiger partial charge in [-0.05, 0) is 48.3 Å². The molecule has 4 atom stereocenters. The molecule has 4 nitrogen and oxygen atoms in total. The predicted octanol–water partition coefficient (Wildman–Crippen LogP) is 4.87. The molecular formula is C22H42N4. The topological polar surface area (TPSA) is 71.6 Å². The van der Waals surface area contributed by atoms with Crippen LogP contribution in [-0.2, 0) is 0 Å². The lowest BCUT2D eigenvalue weighted by atomic mass is 9.83. The maximum atomic E-state index is 9.37. The van der Waals surface area contributed by atoms with Crippen molar-refractivity contribution in [3.63, 3.8) is 0 Å². The summed E-state index contributed by atoms with van der Waals surface area (Å²) in [5.41, 5.74) is 0.593. The van der Waals surface area contributed by atoms with Crippen molar-refractivity contribution in [1.29, 1.82) is 10.5 Å². The standard InChI is InChI=1S/C22H42N4/c1-17(13-21(3,4)5)11-19(15-23)25-9-10-26-20(16-24)12-18(2)14-22(6,7)8/h17-20,25-26H,9-14H2,1-8H3/t17-,18-,19-,20+/m1/s1. The summed E-state index contributed by atoms with van der Waals surface area (Å²) in [6.07, 6.45) is 3.98. The second-order valence-corrected chi connectivity index (χ2v) is 10.5. The molecular weight excluding hydrogens is 320 g/mol. The number of nitrogens with one attached hydrogen (secondary N) is 2. The third kappa shape index (κ3) is 14.1. The number of nitriles is 2. The van der Waals surface area contributed by atoms with Gasteiger partial charge in [0.05, 0.1) is 24.2 Å². The van der Waals surface area contributed by atoms with E-state index in [4.69, 9.17) is 0 Å². The van der Waals surface area contributed by atoms with Gasteiger partial charge >= 0.3 is 0 Å². The average molecular weight is 363 g/mol. The molecule has 0 aromatic heterocycles. The van der Waals surface area contributed by atoms with Crippen LogP contribution in [0.2, 0.25) is 0 Å². The van der Waals surface area contributed by atoms with Crippen LogP contribution in [-0.4, -0.2) is 25.2 Å². The number of nitrogens with zero attached hydrogens (tertiary/aromatic N) is 2. The minimum absolute atomic E-state index is 0.116. The fraction of sp³-hybridized carbons (Fsp3) is 0.909. The van der Waals surface area contributed by atoms with E-state index < -0.39 is 0 Å². The first-order valence-electron chi connectivity index (χ1n) is 10.1. The minimum Gasteiger partial charge on any atom is -0.301 e. The summed E-state index contributed by atoms with van der Waals surface area (Å²) in [4.78, 5) is 0. The largest absolute Gasteiger partial charge is 0.301 e. The van der Waals surface area contributed by atoms with Gasteiger partial charge in [0.15, 0.2) is 0 Å². The molecule has 0 aliphatic rings. The van der Waals surface area contributed by atoms with E-state index in [9.17, 15) is 10.5 Å². The summed E-state index contributed by atoms with van der Waals surface area (Å²) in [6, 6.07) is 4.52. The van der Waals surface area contributed by atoms with Gasteiger partial charge in [-0.25, -0.2) is 0 Å². The normalized spacial score (nSPS) is 17.0. The molecule has 0 fully saturated rings. The molecule has 0 aromatic rings. The van der Waals surface area contributed by atoms with Gasteiger partial charge in [-0.2, -0.15) is 10.5 Å². The smallest absolute Gasteiger partial charge is 0.0955 e. The highest BCUT2D eigenvalue weighted by atomic mass is 15.0. The summed E-state index contributed by atoms with van der Waals surface area (Å²) < 4.78 is 0. The molecule has 0 aliphatic carbocycles. The van der Waals surface area contributed by atoms with Crippen LogP contribution in [0.15, 0.2) is 0 Å². The molecule has 0 aromatic carbocycles. The van der Waals surface area contributed by atoms with E-state index in [1.807, 2.05) is 0 Å². The van der Waals surface area contributed by atoms with Crippen LogP contribution < -0.4 is 10.6 Å². The number of hydrogen-bond acceptors (Lipinski definition) is 4. The Kier molecular flexibility index (Phi) is 11.1. The molecule has 150 valence electrons. The fourth-order valence-corrected chi connectivity index (χ4v) is 3.92. The Morgan fingerprint density at radius 1 is 0.692 bits per heavy atom. The van der Waals surface area contributed by atoms with Gasteiger partial charge in [0.2, 0.25) is 0 Å². The van der Waals surface area contributed by atoms with Gasteiger partial charge in [0.25, 0.3) is 0 Å². The Bertz CT molecular complexity index is 414. The van der Waals surface area contributed by atoms with Crippen LogP contribution >= 0.6 is 0 Å². The second kappa shape index (κ2) is 11.6. The van der Waals surface area contributed by atoms with Crippen molar-refractivity contribution in [3.8, 4) is 12.1 Å². The van der Waals surface area contributed by atoms with E-state index >= 15 is 0 Å². The highest BCUT2D eigenvalue weighted by Crippen LogP contribution is 2.27. The van der Waals surface area contributed by atoms with Gasteiger partial charge in [-0.15, -0.1) is 0 Å². The lowest BCUT2D eigenvalue weighted by Crippen LogP contribution is -2.39. The maximum Gasteiger partial charge on any atom is 0.0955 e. The molecule has 0 rings (SSSR count). The van der Waals surface area contributed by atoms with Crippen molar-refractivity contribution >= 4 is 0 Å². The van der Waals surface area contributed by atoms with E-state index in [1.54, 1.807) is 0 Å². The van der Waals surface area contributed by atoms with E-state index in [2.05, 4.69) is 78.2 Å². The molecule has 0 aliphatic heterocycles. The van der Waals surface area contributed by atoms with Crippen molar-refractivity contribution in [2.75, 3.05) is 13.1 Å². The Balaban J connectivity index is 4.16. The van der Waals surface area contributed by atoms with Crippen LogP contribution in [0.4, 0.5) is 0 Å². The lowest BCUT2D eigenvalue weighted by Gasteiger charge is -2.25. The second-order valence-electron chi connectivity index (χ2n) is 10.5. The molecule has 26 heavy (non-hydrogen) atoms. The highest BCUT2D eigenvalue weighted by molar-refractivity contribution is 4.93. The van der Waals surface area contributed by atoms with Gasteiger partial charge in [-0.1, -0.05) is 55.4 Å². The number of rotatable bonds is 11.